The van der Waals surface area contributed by atoms with Crippen molar-refractivity contribution in [1.82, 2.24) is 5.32 Å². The van der Waals surface area contributed by atoms with Gasteiger partial charge in [-0.1, -0.05) is 19.1 Å². The molecule has 1 rings (SSSR count). The molecule has 0 aliphatic rings. The van der Waals surface area contributed by atoms with Crippen molar-refractivity contribution in [2.45, 2.75) is 26.3 Å². The lowest BCUT2D eigenvalue weighted by Crippen LogP contribution is -2.26. The minimum atomic E-state index is -2.98. The maximum Gasteiger partial charge on any atom is 0.224 e. The van der Waals surface area contributed by atoms with Crippen LogP contribution in [0, 0.1) is 0 Å². The van der Waals surface area contributed by atoms with E-state index in [-0.39, 0.29) is 23.5 Å². The molecule has 0 spiro atoms. The highest BCUT2D eigenvalue weighted by atomic mass is 32.2. The van der Waals surface area contributed by atoms with Crippen molar-refractivity contribution in [2.75, 3.05) is 23.9 Å². The number of nitrogens with one attached hydrogen (secondary N) is 2. The molecule has 6 heteroatoms. The molecule has 1 atom stereocenters. The minimum absolute atomic E-state index is 0.0342. The summed E-state index contributed by atoms with van der Waals surface area (Å²) in [6, 6.07) is 7.28. The van der Waals surface area contributed by atoms with E-state index < -0.39 is 9.84 Å². The lowest BCUT2D eigenvalue weighted by molar-refractivity contribution is -0.119. The van der Waals surface area contributed by atoms with Crippen molar-refractivity contribution in [3.05, 3.63) is 29.8 Å². The molecule has 0 aliphatic carbocycles. The van der Waals surface area contributed by atoms with Crippen LogP contribution in [0.5, 0.6) is 0 Å². The van der Waals surface area contributed by atoms with Crippen LogP contribution in [0.15, 0.2) is 24.3 Å². The molecule has 0 heterocycles. The maximum atomic E-state index is 11.5. The van der Waals surface area contributed by atoms with Gasteiger partial charge in [0.05, 0.1) is 12.2 Å². The Morgan fingerprint density at radius 2 is 1.85 bits per heavy atom. The van der Waals surface area contributed by atoms with Crippen LogP contribution < -0.4 is 10.6 Å². The van der Waals surface area contributed by atoms with Gasteiger partial charge in [-0.3, -0.25) is 4.79 Å². The standard InChI is InChI=1S/C14H22N2O3S/c1-4-20(18,19)10-11(2)16-13-7-5-12(6-8-13)9-14(17)15-3/h5-8,11,16H,4,9-10H2,1-3H3,(H,15,17). The van der Waals surface area contributed by atoms with E-state index in [2.05, 4.69) is 10.6 Å². The van der Waals surface area contributed by atoms with Gasteiger partial charge in [-0.25, -0.2) is 8.42 Å². The molecule has 0 aromatic heterocycles. The number of carbonyl (C=O) groups is 1. The van der Waals surface area contributed by atoms with Crippen LogP contribution in [-0.2, 0) is 21.1 Å². The van der Waals surface area contributed by atoms with Crippen LogP contribution in [0.25, 0.3) is 0 Å². The summed E-state index contributed by atoms with van der Waals surface area (Å²) < 4.78 is 23.0. The van der Waals surface area contributed by atoms with E-state index in [1.165, 1.54) is 0 Å². The van der Waals surface area contributed by atoms with Crippen LogP contribution in [0.4, 0.5) is 5.69 Å². The number of hydrogen-bond acceptors (Lipinski definition) is 4. The molecule has 0 radical (unpaired) electrons. The summed E-state index contributed by atoms with van der Waals surface area (Å²) in [7, 11) is -1.38. The molecule has 20 heavy (non-hydrogen) atoms. The van der Waals surface area contributed by atoms with Gasteiger partial charge in [0.1, 0.15) is 0 Å². The summed E-state index contributed by atoms with van der Waals surface area (Å²) in [6.45, 7) is 3.49. The molecular weight excluding hydrogens is 276 g/mol. The lowest BCUT2D eigenvalue weighted by atomic mass is 10.1. The maximum absolute atomic E-state index is 11.5. The normalized spacial score (nSPS) is 12.8. The highest BCUT2D eigenvalue weighted by Gasteiger charge is 2.13. The first-order valence-electron chi connectivity index (χ1n) is 6.62. The Labute approximate surface area is 120 Å². The van der Waals surface area contributed by atoms with Crippen LogP contribution in [0.1, 0.15) is 19.4 Å². The van der Waals surface area contributed by atoms with Crippen molar-refractivity contribution in [3.8, 4) is 0 Å². The summed E-state index contributed by atoms with van der Waals surface area (Å²) >= 11 is 0. The van der Waals surface area contributed by atoms with E-state index in [9.17, 15) is 13.2 Å². The average Bonchev–Trinajstić information content (AvgIpc) is 2.40. The first-order valence-corrected chi connectivity index (χ1v) is 8.45. The predicted octanol–water partition coefficient (Wildman–Crippen LogP) is 1.21. The largest absolute Gasteiger partial charge is 0.382 e. The Morgan fingerprint density at radius 1 is 1.25 bits per heavy atom. The first kappa shape index (κ1) is 16.5. The fraction of sp³-hybridized carbons (Fsp3) is 0.500. The fourth-order valence-electron chi connectivity index (χ4n) is 1.82. The second-order valence-electron chi connectivity index (χ2n) is 4.79. The zero-order valence-corrected chi connectivity index (χ0v) is 13.0. The number of benzene rings is 1. The Bertz CT molecular complexity index is 538. The quantitative estimate of drug-likeness (QED) is 0.793. The van der Waals surface area contributed by atoms with E-state index in [1.54, 1.807) is 14.0 Å². The number of sulfone groups is 1. The van der Waals surface area contributed by atoms with Gasteiger partial charge in [-0.2, -0.15) is 0 Å². The molecule has 0 saturated heterocycles. The number of likely N-dealkylation sites (N-methyl/N-ethyl adjacent to an activating group) is 1. The zero-order valence-electron chi connectivity index (χ0n) is 12.1. The van der Waals surface area contributed by atoms with Gasteiger partial charge in [0, 0.05) is 24.5 Å². The third kappa shape index (κ3) is 5.61. The Balaban J connectivity index is 2.59. The Hall–Kier alpha value is -1.56. The van der Waals surface area contributed by atoms with Crippen molar-refractivity contribution >= 4 is 21.4 Å². The summed E-state index contributed by atoms with van der Waals surface area (Å²) in [5.41, 5.74) is 1.77. The molecule has 112 valence electrons. The summed E-state index contributed by atoms with van der Waals surface area (Å²) in [5.74, 6) is 0.237. The van der Waals surface area contributed by atoms with Crippen LogP contribution in [-0.4, -0.2) is 38.9 Å². The van der Waals surface area contributed by atoms with Gasteiger partial charge in [-0.15, -0.1) is 0 Å². The fourth-order valence-corrected chi connectivity index (χ4v) is 2.90. The van der Waals surface area contributed by atoms with Gasteiger partial charge in [0.25, 0.3) is 0 Å². The molecule has 1 amide bonds. The first-order chi connectivity index (χ1) is 9.36. The topological polar surface area (TPSA) is 75.3 Å². The highest BCUT2D eigenvalue weighted by molar-refractivity contribution is 7.91. The number of rotatable bonds is 7. The monoisotopic (exact) mass is 298 g/mol. The second kappa shape index (κ2) is 7.28. The third-order valence-corrected chi connectivity index (χ3v) is 4.84. The summed E-state index contributed by atoms with van der Waals surface area (Å²) in [4.78, 5) is 11.2. The molecular formula is C14H22N2O3S. The molecule has 0 fully saturated rings. The lowest BCUT2D eigenvalue weighted by Gasteiger charge is -2.15. The average molecular weight is 298 g/mol. The smallest absolute Gasteiger partial charge is 0.224 e. The van der Waals surface area contributed by atoms with Crippen molar-refractivity contribution in [3.63, 3.8) is 0 Å². The van der Waals surface area contributed by atoms with Crippen LogP contribution >= 0.6 is 0 Å². The molecule has 1 aromatic carbocycles. The zero-order chi connectivity index (χ0) is 15.2. The summed E-state index contributed by atoms with van der Waals surface area (Å²) in [5, 5.41) is 5.72. The number of carbonyl (C=O) groups excluding carboxylic acids is 1. The van der Waals surface area contributed by atoms with E-state index in [4.69, 9.17) is 0 Å². The molecule has 1 aromatic rings. The minimum Gasteiger partial charge on any atom is -0.382 e. The van der Waals surface area contributed by atoms with Gasteiger partial charge < -0.3 is 10.6 Å². The molecule has 0 aliphatic heterocycles. The molecule has 1 unspecified atom stereocenters. The number of hydrogen-bond donors (Lipinski definition) is 2. The van der Waals surface area contributed by atoms with Crippen molar-refractivity contribution in [1.29, 1.82) is 0 Å². The Morgan fingerprint density at radius 3 is 2.35 bits per heavy atom. The number of amides is 1. The van der Waals surface area contributed by atoms with Crippen molar-refractivity contribution in [2.24, 2.45) is 0 Å². The summed E-state index contributed by atoms with van der Waals surface area (Å²) in [6.07, 6.45) is 0.344. The molecule has 0 saturated carbocycles. The predicted molar refractivity (Wildman–Crippen MR) is 81.6 cm³/mol. The van der Waals surface area contributed by atoms with Gasteiger partial charge in [0.15, 0.2) is 9.84 Å². The van der Waals surface area contributed by atoms with E-state index in [1.807, 2.05) is 31.2 Å². The van der Waals surface area contributed by atoms with E-state index in [0.29, 0.717) is 6.42 Å². The Kier molecular flexibility index (Phi) is 6.01. The van der Waals surface area contributed by atoms with Gasteiger partial charge >= 0.3 is 0 Å². The van der Waals surface area contributed by atoms with Gasteiger partial charge in [-0.05, 0) is 24.6 Å². The van der Waals surface area contributed by atoms with E-state index >= 15 is 0 Å². The van der Waals surface area contributed by atoms with Gasteiger partial charge in [0.2, 0.25) is 5.91 Å². The third-order valence-electron chi connectivity index (χ3n) is 2.95. The molecule has 2 N–H and O–H groups in total. The molecule has 5 nitrogen and oxygen atoms in total. The van der Waals surface area contributed by atoms with Crippen LogP contribution in [0.2, 0.25) is 0 Å². The van der Waals surface area contributed by atoms with Crippen molar-refractivity contribution < 1.29 is 13.2 Å². The number of anilines is 1. The SMILES string of the molecule is CCS(=O)(=O)CC(C)Nc1ccc(CC(=O)NC)cc1. The van der Waals surface area contributed by atoms with E-state index in [0.717, 1.165) is 11.3 Å². The molecule has 0 bridgehead atoms. The highest BCUT2D eigenvalue weighted by Crippen LogP contribution is 2.12. The van der Waals surface area contributed by atoms with Crippen LogP contribution in [0.3, 0.4) is 0 Å². The second-order valence-corrected chi connectivity index (χ2v) is 7.19.